The van der Waals surface area contributed by atoms with Gasteiger partial charge in [-0.1, -0.05) is 19.3 Å². The number of halogens is 1. The zero-order valence-electron chi connectivity index (χ0n) is 10.3. The van der Waals surface area contributed by atoms with E-state index in [4.69, 9.17) is 5.73 Å². The number of amides is 1. The molecule has 2 rings (SSSR count). The predicted molar refractivity (Wildman–Crippen MR) is 78.4 cm³/mol. The summed E-state index contributed by atoms with van der Waals surface area (Å²) in [5.41, 5.74) is 6.09. The summed E-state index contributed by atoms with van der Waals surface area (Å²) in [6.07, 6.45) is 5.39. The molecule has 1 aromatic rings. The summed E-state index contributed by atoms with van der Waals surface area (Å²) >= 11 is 5.07. The minimum Gasteiger partial charge on any atom is -0.351 e. The van der Waals surface area contributed by atoms with Gasteiger partial charge in [-0.25, -0.2) is 0 Å². The molecule has 2 atom stereocenters. The molecule has 18 heavy (non-hydrogen) atoms. The molecule has 0 saturated heterocycles. The third-order valence-electron chi connectivity index (χ3n) is 3.47. The van der Waals surface area contributed by atoms with Gasteiger partial charge < -0.3 is 11.1 Å². The molecule has 1 saturated carbocycles. The van der Waals surface area contributed by atoms with Gasteiger partial charge in [-0.15, -0.1) is 11.3 Å². The van der Waals surface area contributed by atoms with Crippen LogP contribution in [0.3, 0.4) is 0 Å². The van der Waals surface area contributed by atoms with E-state index in [-0.39, 0.29) is 17.9 Å². The van der Waals surface area contributed by atoms with Gasteiger partial charge in [0.25, 0.3) is 0 Å². The van der Waals surface area contributed by atoms with Crippen molar-refractivity contribution in [2.24, 2.45) is 11.7 Å². The zero-order chi connectivity index (χ0) is 13.0. The fourth-order valence-electron chi connectivity index (χ4n) is 2.41. The summed E-state index contributed by atoms with van der Waals surface area (Å²) < 4.78 is 1.10. The summed E-state index contributed by atoms with van der Waals surface area (Å²) in [7, 11) is 0. The Hall–Kier alpha value is -0.390. The summed E-state index contributed by atoms with van der Waals surface area (Å²) in [5.74, 6) is 0.116. The van der Waals surface area contributed by atoms with Gasteiger partial charge in [-0.3, -0.25) is 4.79 Å². The Labute approximate surface area is 120 Å². The van der Waals surface area contributed by atoms with Crippen LogP contribution in [0.15, 0.2) is 15.9 Å². The molecule has 5 heteroatoms. The molecule has 1 aliphatic carbocycles. The summed E-state index contributed by atoms with van der Waals surface area (Å²) in [6.45, 7) is 0.609. The van der Waals surface area contributed by atoms with E-state index in [1.165, 1.54) is 6.42 Å². The summed E-state index contributed by atoms with van der Waals surface area (Å²) in [6, 6.07) is 4.06. The molecule has 0 radical (unpaired) electrons. The summed E-state index contributed by atoms with van der Waals surface area (Å²) in [5, 5.41) is 3.01. The molecule has 0 aromatic carbocycles. The third-order valence-corrected chi connectivity index (χ3v) is 5.10. The highest BCUT2D eigenvalue weighted by Crippen LogP contribution is 2.24. The molecule has 1 heterocycles. The van der Waals surface area contributed by atoms with E-state index in [0.29, 0.717) is 6.54 Å². The van der Waals surface area contributed by atoms with Crippen LogP contribution in [0, 0.1) is 5.92 Å². The Kier molecular flexibility index (Phi) is 5.21. The van der Waals surface area contributed by atoms with Gasteiger partial charge in [0.1, 0.15) is 0 Å². The van der Waals surface area contributed by atoms with Crippen LogP contribution < -0.4 is 11.1 Å². The molecule has 3 nitrogen and oxygen atoms in total. The van der Waals surface area contributed by atoms with Crippen molar-refractivity contribution >= 4 is 33.2 Å². The first-order chi connectivity index (χ1) is 8.66. The van der Waals surface area contributed by atoms with E-state index in [1.54, 1.807) is 11.3 Å². The number of thiophene rings is 1. The maximum absolute atomic E-state index is 12.1. The van der Waals surface area contributed by atoms with Crippen LogP contribution in [-0.4, -0.2) is 11.9 Å². The Bertz CT molecular complexity index is 407. The van der Waals surface area contributed by atoms with Crippen LogP contribution in [0.1, 0.15) is 37.0 Å². The lowest BCUT2D eigenvalue weighted by Gasteiger charge is -2.20. The molecule has 0 aliphatic heterocycles. The van der Waals surface area contributed by atoms with Crippen molar-refractivity contribution in [3.05, 3.63) is 20.8 Å². The van der Waals surface area contributed by atoms with Crippen molar-refractivity contribution in [1.82, 2.24) is 5.32 Å². The molecule has 1 aromatic heterocycles. The second-order valence-electron chi connectivity index (χ2n) is 4.83. The van der Waals surface area contributed by atoms with Crippen molar-refractivity contribution in [3.63, 3.8) is 0 Å². The minimum absolute atomic E-state index is 0.00379. The van der Waals surface area contributed by atoms with Crippen LogP contribution >= 0.6 is 27.3 Å². The first-order valence-electron chi connectivity index (χ1n) is 6.44. The Morgan fingerprint density at radius 1 is 1.39 bits per heavy atom. The van der Waals surface area contributed by atoms with Crippen LogP contribution in [0.2, 0.25) is 0 Å². The fraction of sp³-hybridized carbons (Fsp3) is 0.615. The van der Waals surface area contributed by atoms with Crippen molar-refractivity contribution < 1.29 is 4.79 Å². The van der Waals surface area contributed by atoms with Gasteiger partial charge in [-0.05, 0) is 40.9 Å². The van der Waals surface area contributed by atoms with Crippen LogP contribution in [-0.2, 0) is 11.3 Å². The number of hydrogen-bond donors (Lipinski definition) is 2. The quantitative estimate of drug-likeness (QED) is 0.837. The van der Waals surface area contributed by atoms with Crippen molar-refractivity contribution in [2.45, 2.75) is 44.7 Å². The Morgan fingerprint density at radius 3 is 2.89 bits per heavy atom. The fourth-order valence-corrected chi connectivity index (χ4v) is 3.84. The molecule has 100 valence electrons. The molecule has 0 bridgehead atoms. The van der Waals surface area contributed by atoms with Gasteiger partial charge in [0.15, 0.2) is 0 Å². The predicted octanol–water partition coefficient (Wildman–Crippen LogP) is 3.03. The number of nitrogens with one attached hydrogen (secondary N) is 1. The van der Waals surface area contributed by atoms with Gasteiger partial charge in [0.05, 0.1) is 16.2 Å². The Morgan fingerprint density at radius 2 is 2.17 bits per heavy atom. The number of carbonyl (C=O) groups is 1. The molecule has 2 unspecified atom stereocenters. The molecule has 1 fully saturated rings. The third kappa shape index (κ3) is 3.80. The molecule has 1 aliphatic rings. The first-order valence-corrected chi connectivity index (χ1v) is 8.05. The minimum atomic E-state index is -0.00379. The lowest BCUT2D eigenvalue weighted by atomic mass is 9.94. The van der Waals surface area contributed by atoms with E-state index >= 15 is 0 Å². The maximum Gasteiger partial charge on any atom is 0.224 e. The molecule has 3 N–H and O–H groups in total. The number of rotatable bonds is 3. The SMILES string of the molecule is NC1CCCCCC1C(=O)NCc1ccc(Br)s1. The number of nitrogens with two attached hydrogens (primary N) is 1. The maximum atomic E-state index is 12.1. The zero-order valence-corrected chi connectivity index (χ0v) is 12.7. The van der Waals surface area contributed by atoms with E-state index in [0.717, 1.165) is 34.3 Å². The smallest absolute Gasteiger partial charge is 0.224 e. The van der Waals surface area contributed by atoms with Gasteiger partial charge in [0, 0.05) is 10.9 Å². The van der Waals surface area contributed by atoms with E-state index in [9.17, 15) is 4.79 Å². The molecule has 1 amide bonds. The van der Waals surface area contributed by atoms with Crippen molar-refractivity contribution in [3.8, 4) is 0 Å². The highest BCUT2D eigenvalue weighted by Gasteiger charge is 2.26. The standard InChI is InChI=1S/C13H19BrN2OS/c14-12-7-6-9(18-12)8-16-13(17)10-4-2-1-3-5-11(10)15/h6-7,10-11H,1-5,8,15H2,(H,16,17). The van der Waals surface area contributed by atoms with Gasteiger partial charge in [-0.2, -0.15) is 0 Å². The van der Waals surface area contributed by atoms with Crippen LogP contribution in [0.25, 0.3) is 0 Å². The molecule has 0 spiro atoms. The molecular formula is C13H19BrN2OS. The van der Waals surface area contributed by atoms with Crippen molar-refractivity contribution in [2.75, 3.05) is 0 Å². The van der Waals surface area contributed by atoms with Crippen LogP contribution in [0.5, 0.6) is 0 Å². The Balaban J connectivity index is 1.86. The van der Waals surface area contributed by atoms with E-state index in [1.807, 2.05) is 12.1 Å². The number of carbonyl (C=O) groups excluding carboxylic acids is 1. The van der Waals surface area contributed by atoms with E-state index < -0.39 is 0 Å². The number of hydrogen-bond acceptors (Lipinski definition) is 3. The first kappa shape index (κ1) is 14.0. The molecular weight excluding hydrogens is 312 g/mol. The van der Waals surface area contributed by atoms with E-state index in [2.05, 4.69) is 21.2 Å². The van der Waals surface area contributed by atoms with Gasteiger partial charge in [0.2, 0.25) is 5.91 Å². The van der Waals surface area contributed by atoms with Crippen molar-refractivity contribution in [1.29, 1.82) is 0 Å². The highest BCUT2D eigenvalue weighted by atomic mass is 79.9. The lowest BCUT2D eigenvalue weighted by Crippen LogP contribution is -2.40. The van der Waals surface area contributed by atoms with Crippen LogP contribution in [0.4, 0.5) is 0 Å². The normalized spacial score (nSPS) is 24.6. The highest BCUT2D eigenvalue weighted by molar-refractivity contribution is 9.11. The topological polar surface area (TPSA) is 55.1 Å². The average molecular weight is 331 g/mol. The van der Waals surface area contributed by atoms with Gasteiger partial charge >= 0.3 is 0 Å². The monoisotopic (exact) mass is 330 g/mol. The average Bonchev–Trinajstić information content (AvgIpc) is 2.64. The largest absolute Gasteiger partial charge is 0.351 e. The summed E-state index contributed by atoms with van der Waals surface area (Å²) in [4.78, 5) is 13.3. The second-order valence-corrected chi connectivity index (χ2v) is 7.38. The second kappa shape index (κ2) is 6.68. The lowest BCUT2D eigenvalue weighted by molar-refractivity contribution is -0.125.